The molecule has 0 bridgehead atoms. The molecule has 1 unspecified atom stereocenters. The van der Waals surface area contributed by atoms with E-state index in [1.54, 1.807) is 0 Å². The predicted molar refractivity (Wildman–Crippen MR) is 81.4 cm³/mol. The zero-order valence-corrected chi connectivity index (χ0v) is 12.0. The summed E-state index contributed by atoms with van der Waals surface area (Å²) in [6, 6.07) is 9.76. The fraction of sp³-hybridized carbons (Fsp3) is 0.647. The van der Waals surface area contributed by atoms with Crippen LogP contribution in [0, 0.1) is 5.92 Å². The minimum Gasteiger partial charge on any atom is -0.368 e. The Kier molecular flexibility index (Phi) is 3.79. The van der Waals surface area contributed by atoms with Crippen molar-refractivity contribution in [3.05, 3.63) is 29.8 Å². The number of hydrogen-bond acceptors (Lipinski definition) is 2. The summed E-state index contributed by atoms with van der Waals surface area (Å²) >= 11 is 0. The second kappa shape index (κ2) is 5.54. The standard InChI is InChI=1S/C17H26N2/c1-13-8-10-14(11-9-13)19-12-4-6-16(18)15-5-2-3-7-17(15)19/h2-3,5,7,13-14,16H,4,6,8-12,18H2,1H3. The zero-order chi connectivity index (χ0) is 13.2. The van der Waals surface area contributed by atoms with Gasteiger partial charge < -0.3 is 10.6 Å². The normalized spacial score (nSPS) is 31.7. The van der Waals surface area contributed by atoms with E-state index in [1.165, 1.54) is 49.9 Å². The van der Waals surface area contributed by atoms with Gasteiger partial charge >= 0.3 is 0 Å². The number of rotatable bonds is 1. The average molecular weight is 258 g/mol. The molecule has 0 amide bonds. The van der Waals surface area contributed by atoms with Crippen LogP contribution in [0.5, 0.6) is 0 Å². The van der Waals surface area contributed by atoms with Gasteiger partial charge in [-0.15, -0.1) is 0 Å². The largest absolute Gasteiger partial charge is 0.368 e. The molecule has 1 aliphatic heterocycles. The average Bonchev–Trinajstić information content (AvgIpc) is 2.60. The van der Waals surface area contributed by atoms with Crippen molar-refractivity contribution in [3.63, 3.8) is 0 Å². The van der Waals surface area contributed by atoms with Crippen molar-refractivity contribution in [2.24, 2.45) is 11.7 Å². The summed E-state index contributed by atoms with van der Waals surface area (Å²) in [5, 5.41) is 0. The molecule has 2 heteroatoms. The molecule has 1 aromatic carbocycles. The molecule has 1 atom stereocenters. The van der Waals surface area contributed by atoms with Crippen LogP contribution in [0.2, 0.25) is 0 Å². The maximum absolute atomic E-state index is 6.33. The summed E-state index contributed by atoms with van der Waals surface area (Å²) in [7, 11) is 0. The molecular formula is C17H26N2. The molecule has 0 spiro atoms. The molecule has 0 aromatic heterocycles. The predicted octanol–water partition coefficient (Wildman–Crippen LogP) is 3.87. The molecule has 19 heavy (non-hydrogen) atoms. The Bertz CT molecular complexity index is 421. The Morgan fingerprint density at radius 3 is 2.58 bits per heavy atom. The van der Waals surface area contributed by atoms with Crippen molar-refractivity contribution in [1.82, 2.24) is 0 Å². The zero-order valence-electron chi connectivity index (χ0n) is 12.0. The number of fused-ring (bicyclic) bond motifs is 1. The molecule has 1 heterocycles. The highest BCUT2D eigenvalue weighted by Gasteiger charge is 2.28. The maximum Gasteiger partial charge on any atom is 0.0417 e. The van der Waals surface area contributed by atoms with Gasteiger partial charge in [0.2, 0.25) is 0 Å². The topological polar surface area (TPSA) is 29.3 Å². The number of nitrogens with two attached hydrogens (primary N) is 1. The van der Waals surface area contributed by atoms with Gasteiger partial charge in [-0.05, 0) is 56.1 Å². The van der Waals surface area contributed by atoms with E-state index in [2.05, 4.69) is 36.1 Å². The van der Waals surface area contributed by atoms with Crippen molar-refractivity contribution >= 4 is 5.69 Å². The highest BCUT2D eigenvalue weighted by molar-refractivity contribution is 5.56. The van der Waals surface area contributed by atoms with Gasteiger partial charge in [0.1, 0.15) is 0 Å². The molecule has 1 aliphatic carbocycles. The lowest BCUT2D eigenvalue weighted by Gasteiger charge is -2.38. The summed E-state index contributed by atoms with van der Waals surface area (Å²) < 4.78 is 0. The first-order valence-corrected chi connectivity index (χ1v) is 7.87. The Morgan fingerprint density at radius 2 is 1.79 bits per heavy atom. The van der Waals surface area contributed by atoms with Gasteiger partial charge in [0.15, 0.2) is 0 Å². The van der Waals surface area contributed by atoms with Gasteiger partial charge in [0.05, 0.1) is 0 Å². The van der Waals surface area contributed by atoms with Crippen LogP contribution < -0.4 is 10.6 Å². The number of nitrogens with zero attached hydrogens (tertiary/aromatic N) is 1. The van der Waals surface area contributed by atoms with E-state index in [-0.39, 0.29) is 6.04 Å². The van der Waals surface area contributed by atoms with Gasteiger partial charge in [-0.25, -0.2) is 0 Å². The monoisotopic (exact) mass is 258 g/mol. The van der Waals surface area contributed by atoms with E-state index >= 15 is 0 Å². The lowest BCUT2D eigenvalue weighted by Crippen LogP contribution is -2.38. The van der Waals surface area contributed by atoms with Crippen LogP contribution in [0.15, 0.2) is 24.3 Å². The number of anilines is 1. The van der Waals surface area contributed by atoms with Crippen molar-refractivity contribution in [3.8, 4) is 0 Å². The van der Waals surface area contributed by atoms with Gasteiger partial charge in [0.25, 0.3) is 0 Å². The Balaban J connectivity index is 1.87. The van der Waals surface area contributed by atoms with Crippen molar-refractivity contribution < 1.29 is 0 Å². The van der Waals surface area contributed by atoms with Gasteiger partial charge in [-0.2, -0.15) is 0 Å². The van der Waals surface area contributed by atoms with Crippen LogP contribution in [-0.2, 0) is 0 Å². The Labute approximate surface area is 117 Å². The van der Waals surface area contributed by atoms with Crippen LogP contribution >= 0.6 is 0 Å². The van der Waals surface area contributed by atoms with E-state index in [0.29, 0.717) is 0 Å². The minimum absolute atomic E-state index is 0.226. The van der Waals surface area contributed by atoms with Crippen LogP contribution in [0.3, 0.4) is 0 Å². The number of benzene rings is 1. The summed E-state index contributed by atoms with van der Waals surface area (Å²) in [6.07, 6.45) is 7.82. The summed E-state index contributed by atoms with van der Waals surface area (Å²) in [5.41, 5.74) is 9.10. The quantitative estimate of drug-likeness (QED) is 0.828. The minimum atomic E-state index is 0.226. The van der Waals surface area contributed by atoms with E-state index in [0.717, 1.165) is 18.4 Å². The van der Waals surface area contributed by atoms with E-state index in [9.17, 15) is 0 Å². The van der Waals surface area contributed by atoms with Crippen molar-refractivity contribution in [2.45, 2.75) is 57.5 Å². The second-order valence-electron chi connectivity index (χ2n) is 6.41. The Hall–Kier alpha value is -1.02. The molecule has 2 nitrogen and oxygen atoms in total. The lowest BCUT2D eigenvalue weighted by atomic mass is 9.86. The number of hydrogen-bond donors (Lipinski definition) is 1. The first-order chi connectivity index (χ1) is 9.25. The van der Waals surface area contributed by atoms with Crippen LogP contribution in [0.1, 0.15) is 57.1 Å². The SMILES string of the molecule is CC1CCC(N2CCCC(N)c3ccccc32)CC1. The number of para-hydroxylation sites is 1. The first-order valence-electron chi connectivity index (χ1n) is 7.87. The van der Waals surface area contributed by atoms with Crippen LogP contribution in [0.25, 0.3) is 0 Å². The smallest absolute Gasteiger partial charge is 0.0417 e. The van der Waals surface area contributed by atoms with E-state index in [1.807, 2.05) is 0 Å². The van der Waals surface area contributed by atoms with Crippen molar-refractivity contribution in [2.75, 3.05) is 11.4 Å². The second-order valence-corrected chi connectivity index (χ2v) is 6.41. The molecule has 2 N–H and O–H groups in total. The molecular weight excluding hydrogens is 232 g/mol. The Morgan fingerprint density at radius 1 is 1.05 bits per heavy atom. The molecule has 0 radical (unpaired) electrons. The molecule has 3 rings (SSSR count). The highest BCUT2D eigenvalue weighted by atomic mass is 15.2. The van der Waals surface area contributed by atoms with Gasteiger partial charge in [-0.1, -0.05) is 25.1 Å². The first kappa shape index (κ1) is 13.0. The molecule has 104 valence electrons. The summed E-state index contributed by atoms with van der Waals surface area (Å²) in [6.45, 7) is 3.58. The third-order valence-electron chi connectivity index (χ3n) is 4.99. The molecule has 2 aliphatic rings. The fourth-order valence-electron chi connectivity index (χ4n) is 3.75. The van der Waals surface area contributed by atoms with E-state index in [4.69, 9.17) is 5.73 Å². The maximum atomic E-state index is 6.33. The molecule has 1 fully saturated rings. The highest BCUT2D eigenvalue weighted by Crippen LogP contribution is 2.36. The van der Waals surface area contributed by atoms with Gasteiger partial charge in [-0.3, -0.25) is 0 Å². The van der Waals surface area contributed by atoms with Crippen LogP contribution in [-0.4, -0.2) is 12.6 Å². The van der Waals surface area contributed by atoms with E-state index < -0.39 is 0 Å². The molecule has 0 saturated heterocycles. The fourth-order valence-corrected chi connectivity index (χ4v) is 3.75. The third kappa shape index (κ3) is 2.64. The third-order valence-corrected chi connectivity index (χ3v) is 4.99. The summed E-state index contributed by atoms with van der Waals surface area (Å²) in [5.74, 6) is 0.917. The molecule has 1 aromatic rings. The molecule has 1 saturated carbocycles. The van der Waals surface area contributed by atoms with Gasteiger partial charge in [0, 0.05) is 24.3 Å². The van der Waals surface area contributed by atoms with Crippen LogP contribution in [0.4, 0.5) is 5.69 Å². The lowest BCUT2D eigenvalue weighted by molar-refractivity contribution is 0.333. The summed E-state index contributed by atoms with van der Waals surface area (Å²) in [4.78, 5) is 2.66. The van der Waals surface area contributed by atoms with Crippen molar-refractivity contribution in [1.29, 1.82) is 0 Å².